The van der Waals surface area contributed by atoms with Crippen LogP contribution in [0.4, 0.5) is 4.39 Å². The van der Waals surface area contributed by atoms with Crippen molar-refractivity contribution in [3.05, 3.63) is 30.7 Å². The highest BCUT2D eigenvalue weighted by atomic mass is 32.2. The van der Waals surface area contributed by atoms with Gasteiger partial charge in [0.2, 0.25) is 0 Å². The van der Waals surface area contributed by atoms with Crippen LogP contribution in [0.1, 0.15) is 0 Å². The molecule has 0 aliphatic rings. The van der Waals surface area contributed by atoms with Crippen LogP contribution in [-0.2, 0) is 11.1 Å². The summed E-state index contributed by atoms with van der Waals surface area (Å²) in [5.41, 5.74) is 0. The molecular formula is C5H5FN3O2S-. The lowest BCUT2D eigenvalue weighted by Crippen LogP contribution is -1.85. The van der Waals surface area contributed by atoms with Crippen LogP contribution in [0.2, 0.25) is 0 Å². The molecule has 1 rings (SSSR count). The zero-order valence-corrected chi connectivity index (χ0v) is 6.70. The fraction of sp³-hybridized carbons (Fsp3) is 0. The second-order valence-electron chi connectivity index (χ2n) is 1.33. The normalized spacial score (nSPS) is 10.8. The SMILES string of the molecule is C=CS(=O)[O-].Fc1ncncn1. The van der Waals surface area contributed by atoms with Gasteiger partial charge >= 0.3 is 6.08 Å². The van der Waals surface area contributed by atoms with Gasteiger partial charge in [0.25, 0.3) is 0 Å². The average molecular weight is 190 g/mol. The van der Waals surface area contributed by atoms with Gasteiger partial charge in [-0.15, -0.1) is 0 Å². The average Bonchev–Trinajstić information content (AvgIpc) is 2.07. The zero-order valence-electron chi connectivity index (χ0n) is 5.88. The second kappa shape index (κ2) is 6.50. The molecule has 1 aromatic rings. The number of aromatic nitrogens is 3. The fourth-order valence-corrected chi connectivity index (χ4v) is 0.225. The lowest BCUT2D eigenvalue weighted by Gasteiger charge is -1.88. The molecule has 0 saturated heterocycles. The molecule has 0 aliphatic heterocycles. The van der Waals surface area contributed by atoms with E-state index < -0.39 is 17.2 Å². The van der Waals surface area contributed by atoms with Crippen molar-refractivity contribution in [2.75, 3.05) is 0 Å². The van der Waals surface area contributed by atoms with Crippen molar-refractivity contribution in [3.63, 3.8) is 0 Å². The van der Waals surface area contributed by atoms with Crippen LogP contribution in [0.5, 0.6) is 0 Å². The van der Waals surface area contributed by atoms with E-state index in [0.29, 0.717) is 0 Å². The molecular weight excluding hydrogens is 185 g/mol. The summed E-state index contributed by atoms with van der Waals surface area (Å²) in [6, 6.07) is 0. The minimum Gasteiger partial charge on any atom is -0.769 e. The Labute approximate surface area is 70.7 Å². The highest BCUT2D eigenvalue weighted by Crippen LogP contribution is 1.75. The molecule has 0 bridgehead atoms. The van der Waals surface area contributed by atoms with E-state index in [1.165, 1.54) is 0 Å². The van der Waals surface area contributed by atoms with E-state index in [1.54, 1.807) is 0 Å². The van der Waals surface area contributed by atoms with Crippen LogP contribution >= 0.6 is 0 Å². The molecule has 7 heteroatoms. The number of rotatable bonds is 1. The number of hydrogen-bond acceptors (Lipinski definition) is 5. The first kappa shape index (κ1) is 10.8. The van der Waals surface area contributed by atoms with E-state index in [2.05, 4.69) is 21.5 Å². The molecule has 0 radical (unpaired) electrons. The maximum atomic E-state index is 11.6. The molecule has 5 nitrogen and oxygen atoms in total. The summed E-state index contributed by atoms with van der Waals surface area (Å²) in [5.74, 6) is 0. The summed E-state index contributed by atoms with van der Waals surface area (Å²) in [6.07, 6.45) is 1.46. The van der Waals surface area contributed by atoms with Gasteiger partial charge in [-0.25, -0.2) is 4.98 Å². The second-order valence-corrected chi connectivity index (χ2v) is 2.19. The molecule has 0 spiro atoms. The molecule has 1 aromatic heterocycles. The van der Waals surface area contributed by atoms with Crippen molar-refractivity contribution in [1.82, 2.24) is 15.0 Å². The molecule has 66 valence electrons. The van der Waals surface area contributed by atoms with Crippen LogP contribution in [-0.4, -0.2) is 23.7 Å². The summed E-state index contributed by atoms with van der Waals surface area (Å²) in [6.45, 7) is 2.95. The molecule has 0 aliphatic carbocycles. The van der Waals surface area contributed by atoms with E-state index in [9.17, 15) is 13.2 Å². The Balaban J connectivity index is 0.000000217. The fourth-order valence-electron chi connectivity index (χ4n) is 0.225. The Morgan fingerprint density at radius 1 is 1.58 bits per heavy atom. The Morgan fingerprint density at radius 3 is 2.17 bits per heavy atom. The van der Waals surface area contributed by atoms with Gasteiger partial charge in [0.15, 0.2) is 0 Å². The van der Waals surface area contributed by atoms with E-state index in [4.69, 9.17) is 0 Å². The summed E-state index contributed by atoms with van der Waals surface area (Å²) < 4.78 is 30.1. The minimum absolute atomic E-state index is 0.741. The number of nitrogens with zero attached hydrogens (tertiary/aromatic N) is 3. The predicted octanol–water partition coefficient (Wildman–Crippen LogP) is 0.0197. The quantitative estimate of drug-likeness (QED) is 0.583. The van der Waals surface area contributed by atoms with Crippen LogP contribution in [0.3, 0.4) is 0 Å². The van der Waals surface area contributed by atoms with E-state index in [-0.39, 0.29) is 0 Å². The predicted molar refractivity (Wildman–Crippen MR) is 38.9 cm³/mol. The topological polar surface area (TPSA) is 78.8 Å². The Bertz CT molecular complexity index is 256. The Hall–Kier alpha value is -1.21. The van der Waals surface area contributed by atoms with Gasteiger partial charge in [0, 0.05) is 0 Å². The van der Waals surface area contributed by atoms with E-state index in [0.717, 1.165) is 18.1 Å². The van der Waals surface area contributed by atoms with Crippen LogP contribution < -0.4 is 0 Å². The highest BCUT2D eigenvalue weighted by Gasteiger charge is 1.81. The summed E-state index contributed by atoms with van der Waals surface area (Å²) >= 11 is -2.06. The molecule has 1 unspecified atom stereocenters. The van der Waals surface area contributed by atoms with Gasteiger partial charge < -0.3 is 4.55 Å². The van der Waals surface area contributed by atoms with Crippen molar-refractivity contribution in [3.8, 4) is 0 Å². The first-order chi connectivity index (χ1) is 5.66. The smallest absolute Gasteiger partial charge is 0.311 e. The summed E-state index contributed by atoms with van der Waals surface area (Å²) in [7, 11) is 0. The van der Waals surface area contributed by atoms with Gasteiger partial charge in [0.1, 0.15) is 12.7 Å². The Kier molecular flexibility index (Phi) is 5.84. The first-order valence-corrected chi connectivity index (χ1v) is 3.78. The lowest BCUT2D eigenvalue weighted by atomic mass is 11.1. The maximum Gasteiger partial charge on any atom is 0.311 e. The first-order valence-electron chi connectivity index (χ1n) is 2.65. The molecule has 0 fully saturated rings. The van der Waals surface area contributed by atoms with Crippen LogP contribution in [0.25, 0.3) is 0 Å². The Morgan fingerprint density at radius 2 is 2.00 bits per heavy atom. The van der Waals surface area contributed by atoms with Crippen molar-refractivity contribution in [2.24, 2.45) is 0 Å². The molecule has 1 atom stereocenters. The molecule has 0 N–H and O–H groups in total. The summed E-state index contributed by atoms with van der Waals surface area (Å²) in [5, 5.41) is 0.833. The molecule has 0 saturated carbocycles. The molecule has 0 amide bonds. The van der Waals surface area contributed by atoms with Gasteiger partial charge in [-0.05, 0) is 16.5 Å². The highest BCUT2D eigenvalue weighted by molar-refractivity contribution is 7.82. The van der Waals surface area contributed by atoms with Crippen molar-refractivity contribution in [2.45, 2.75) is 0 Å². The van der Waals surface area contributed by atoms with E-state index >= 15 is 0 Å². The summed E-state index contributed by atoms with van der Waals surface area (Å²) in [4.78, 5) is 9.56. The van der Waals surface area contributed by atoms with Crippen molar-refractivity contribution < 1.29 is 13.2 Å². The van der Waals surface area contributed by atoms with Crippen LogP contribution in [0.15, 0.2) is 24.6 Å². The molecule has 12 heavy (non-hydrogen) atoms. The van der Waals surface area contributed by atoms with E-state index in [1.807, 2.05) is 0 Å². The van der Waals surface area contributed by atoms with Gasteiger partial charge in [0.05, 0.1) is 0 Å². The van der Waals surface area contributed by atoms with Gasteiger partial charge in [-0.3, -0.25) is 4.21 Å². The van der Waals surface area contributed by atoms with Crippen molar-refractivity contribution in [1.29, 1.82) is 0 Å². The third-order valence-corrected chi connectivity index (χ3v) is 0.870. The van der Waals surface area contributed by atoms with Gasteiger partial charge in [-0.1, -0.05) is 6.58 Å². The zero-order chi connectivity index (χ0) is 9.40. The standard InChI is InChI=1S/C3H2FN3.C2H4O2S/c4-3-6-1-5-2-7-3;1-2-5(3)4/h1-2H;2H,1H2,(H,3,4)/p-1. The maximum absolute atomic E-state index is 11.6. The number of halogens is 1. The lowest BCUT2D eigenvalue weighted by molar-refractivity contribution is 0.532. The van der Waals surface area contributed by atoms with Gasteiger partial charge in [-0.2, -0.15) is 14.4 Å². The van der Waals surface area contributed by atoms with Crippen LogP contribution in [0, 0.1) is 6.08 Å². The third-order valence-electron chi connectivity index (χ3n) is 0.598. The third kappa shape index (κ3) is 6.90. The molecule has 0 aromatic carbocycles. The monoisotopic (exact) mass is 190 g/mol. The minimum atomic E-state index is -2.06. The number of hydrogen-bond donors (Lipinski definition) is 0. The van der Waals surface area contributed by atoms with Crippen molar-refractivity contribution >= 4 is 11.1 Å². The molecule has 1 heterocycles. The largest absolute Gasteiger partial charge is 0.769 e.